The third-order valence-corrected chi connectivity index (χ3v) is 3.62. The number of carbonyl (C=O) groups excluding carboxylic acids is 3. The highest BCUT2D eigenvalue weighted by Crippen LogP contribution is 2.16. The number of carbonyl (C=O) groups is 3. The average molecular weight is 318 g/mol. The smallest absolute Gasteiger partial charge is 0.242 e. The first-order chi connectivity index (χ1) is 11.0. The Morgan fingerprint density at radius 1 is 1.30 bits per heavy atom. The van der Waals surface area contributed by atoms with Crippen molar-refractivity contribution in [2.45, 2.75) is 26.4 Å². The zero-order valence-electron chi connectivity index (χ0n) is 13.4. The lowest BCUT2D eigenvalue weighted by Gasteiger charge is -2.28. The molecule has 0 radical (unpaired) electrons. The number of nitrogens with zero attached hydrogens (tertiary/aromatic N) is 1. The quantitative estimate of drug-likeness (QED) is 0.699. The zero-order valence-corrected chi connectivity index (χ0v) is 13.4. The molecule has 0 unspecified atom stereocenters. The number of rotatable bonds is 5. The minimum absolute atomic E-state index is 0.0274. The first-order valence-electron chi connectivity index (χ1n) is 7.61. The summed E-state index contributed by atoms with van der Waals surface area (Å²) in [6, 6.07) is 7.17. The fourth-order valence-electron chi connectivity index (χ4n) is 2.40. The van der Waals surface area contributed by atoms with Crippen LogP contribution in [0, 0.1) is 0 Å². The molecule has 7 nitrogen and oxygen atoms in total. The van der Waals surface area contributed by atoms with E-state index in [-0.39, 0.29) is 17.7 Å². The van der Waals surface area contributed by atoms with Crippen LogP contribution in [-0.2, 0) is 20.9 Å². The maximum atomic E-state index is 11.8. The molecule has 1 fully saturated rings. The van der Waals surface area contributed by atoms with Crippen molar-refractivity contribution >= 4 is 23.4 Å². The summed E-state index contributed by atoms with van der Waals surface area (Å²) in [5.41, 5.74) is 1.94. The molecule has 1 aliphatic rings. The van der Waals surface area contributed by atoms with Gasteiger partial charge < -0.3 is 20.9 Å². The normalized spacial score (nSPS) is 15.6. The molecule has 1 heterocycles. The highest BCUT2D eigenvalue weighted by molar-refractivity contribution is 5.86. The van der Waals surface area contributed by atoms with Crippen LogP contribution in [0.2, 0.25) is 0 Å². The average Bonchev–Trinajstić information content (AvgIpc) is 2.52. The maximum absolute atomic E-state index is 11.8. The van der Waals surface area contributed by atoms with Gasteiger partial charge in [0.15, 0.2) is 0 Å². The van der Waals surface area contributed by atoms with Crippen LogP contribution in [-0.4, -0.2) is 43.4 Å². The van der Waals surface area contributed by atoms with Gasteiger partial charge in [-0.2, -0.15) is 0 Å². The van der Waals surface area contributed by atoms with E-state index in [2.05, 4.69) is 16.0 Å². The Labute approximate surface area is 135 Å². The monoisotopic (exact) mass is 318 g/mol. The molecule has 1 aliphatic heterocycles. The van der Waals surface area contributed by atoms with Crippen LogP contribution >= 0.6 is 0 Å². The first kappa shape index (κ1) is 16.8. The minimum Gasteiger partial charge on any atom is -0.360 e. The van der Waals surface area contributed by atoms with E-state index >= 15 is 0 Å². The number of hydrogen-bond acceptors (Lipinski definition) is 4. The van der Waals surface area contributed by atoms with Gasteiger partial charge in [-0.05, 0) is 24.6 Å². The van der Waals surface area contributed by atoms with Gasteiger partial charge in [0, 0.05) is 32.2 Å². The Morgan fingerprint density at radius 2 is 2.00 bits per heavy atom. The van der Waals surface area contributed by atoms with Crippen molar-refractivity contribution in [3.63, 3.8) is 0 Å². The highest BCUT2D eigenvalue weighted by Gasteiger charge is 2.16. The molecular formula is C16H22N4O3. The van der Waals surface area contributed by atoms with E-state index in [4.69, 9.17) is 0 Å². The molecule has 7 heteroatoms. The molecule has 1 saturated heterocycles. The third-order valence-electron chi connectivity index (χ3n) is 3.62. The van der Waals surface area contributed by atoms with Gasteiger partial charge in [0.25, 0.3) is 0 Å². The SMILES string of the molecule is CC(=O)N[C@H](C)C(=O)NCc1ccc(N2CCNC(=O)C2)cc1. The van der Waals surface area contributed by atoms with E-state index in [0.29, 0.717) is 19.6 Å². The van der Waals surface area contributed by atoms with Crippen molar-refractivity contribution in [3.8, 4) is 0 Å². The molecule has 3 N–H and O–H groups in total. The summed E-state index contributed by atoms with van der Waals surface area (Å²) in [6.07, 6.45) is 0. The van der Waals surface area contributed by atoms with Crippen LogP contribution in [0.15, 0.2) is 24.3 Å². The predicted octanol–water partition coefficient (Wildman–Crippen LogP) is -0.236. The standard InChI is InChI=1S/C16H22N4O3/c1-11(19-12(2)21)16(23)18-9-13-3-5-14(6-4-13)20-8-7-17-15(22)10-20/h3-6,11H,7-10H2,1-2H3,(H,17,22)(H,18,23)(H,19,21)/t11-/m1/s1. The molecule has 0 saturated carbocycles. The molecule has 1 aromatic carbocycles. The van der Waals surface area contributed by atoms with Crippen molar-refractivity contribution in [2.24, 2.45) is 0 Å². The van der Waals surface area contributed by atoms with E-state index in [1.165, 1.54) is 6.92 Å². The van der Waals surface area contributed by atoms with E-state index < -0.39 is 6.04 Å². The van der Waals surface area contributed by atoms with Crippen LogP contribution in [0.3, 0.4) is 0 Å². The summed E-state index contributed by atoms with van der Waals surface area (Å²) in [4.78, 5) is 36.2. The van der Waals surface area contributed by atoms with Crippen molar-refractivity contribution in [1.82, 2.24) is 16.0 Å². The van der Waals surface area contributed by atoms with Gasteiger partial charge in [-0.3, -0.25) is 14.4 Å². The Kier molecular flexibility index (Phi) is 5.56. The van der Waals surface area contributed by atoms with Gasteiger partial charge >= 0.3 is 0 Å². The number of hydrogen-bond donors (Lipinski definition) is 3. The molecule has 23 heavy (non-hydrogen) atoms. The van der Waals surface area contributed by atoms with Crippen LogP contribution in [0.5, 0.6) is 0 Å². The summed E-state index contributed by atoms with van der Waals surface area (Å²) in [5, 5.41) is 8.11. The minimum atomic E-state index is -0.557. The summed E-state index contributed by atoms with van der Waals surface area (Å²) in [7, 11) is 0. The van der Waals surface area contributed by atoms with E-state index in [1.807, 2.05) is 29.2 Å². The lowest BCUT2D eigenvalue weighted by Crippen LogP contribution is -2.47. The molecule has 1 atom stereocenters. The third kappa shape index (κ3) is 4.98. The lowest BCUT2D eigenvalue weighted by atomic mass is 10.1. The van der Waals surface area contributed by atoms with E-state index in [9.17, 15) is 14.4 Å². The first-order valence-corrected chi connectivity index (χ1v) is 7.61. The highest BCUT2D eigenvalue weighted by atomic mass is 16.2. The number of piperazine rings is 1. The Balaban J connectivity index is 1.86. The molecule has 0 aliphatic carbocycles. The number of anilines is 1. The van der Waals surface area contributed by atoms with Gasteiger partial charge in [0.2, 0.25) is 17.7 Å². The molecule has 3 amide bonds. The van der Waals surface area contributed by atoms with Crippen molar-refractivity contribution in [1.29, 1.82) is 0 Å². The maximum Gasteiger partial charge on any atom is 0.242 e. The van der Waals surface area contributed by atoms with E-state index in [0.717, 1.165) is 17.8 Å². The Hall–Kier alpha value is -2.57. The molecule has 0 bridgehead atoms. The van der Waals surface area contributed by atoms with Gasteiger partial charge in [-0.15, -0.1) is 0 Å². The van der Waals surface area contributed by atoms with Gasteiger partial charge in [-0.1, -0.05) is 12.1 Å². The molecule has 0 spiro atoms. The van der Waals surface area contributed by atoms with Gasteiger partial charge in [0.1, 0.15) is 6.04 Å². The number of nitrogens with one attached hydrogen (secondary N) is 3. The van der Waals surface area contributed by atoms with Crippen molar-refractivity contribution < 1.29 is 14.4 Å². The fraction of sp³-hybridized carbons (Fsp3) is 0.438. The molecule has 2 rings (SSSR count). The lowest BCUT2D eigenvalue weighted by molar-refractivity contribution is -0.127. The fourth-order valence-corrected chi connectivity index (χ4v) is 2.40. The predicted molar refractivity (Wildman–Crippen MR) is 86.8 cm³/mol. The number of amides is 3. The summed E-state index contributed by atoms with van der Waals surface area (Å²) in [6.45, 7) is 5.21. The van der Waals surface area contributed by atoms with E-state index in [1.54, 1.807) is 6.92 Å². The zero-order chi connectivity index (χ0) is 16.8. The largest absolute Gasteiger partial charge is 0.360 e. The van der Waals surface area contributed by atoms with Gasteiger partial charge in [0.05, 0.1) is 6.54 Å². The van der Waals surface area contributed by atoms with Crippen LogP contribution < -0.4 is 20.9 Å². The summed E-state index contributed by atoms with van der Waals surface area (Å²) >= 11 is 0. The van der Waals surface area contributed by atoms with Crippen molar-refractivity contribution in [2.75, 3.05) is 24.5 Å². The van der Waals surface area contributed by atoms with Crippen LogP contribution in [0.1, 0.15) is 19.4 Å². The molecular weight excluding hydrogens is 296 g/mol. The topological polar surface area (TPSA) is 90.5 Å². The van der Waals surface area contributed by atoms with Crippen LogP contribution in [0.25, 0.3) is 0 Å². The second-order valence-corrected chi connectivity index (χ2v) is 5.58. The van der Waals surface area contributed by atoms with Crippen LogP contribution in [0.4, 0.5) is 5.69 Å². The molecule has 1 aromatic rings. The second kappa shape index (κ2) is 7.62. The molecule has 124 valence electrons. The second-order valence-electron chi connectivity index (χ2n) is 5.58. The molecule has 0 aromatic heterocycles. The number of benzene rings is 1. The van der Waals surface area contributed by atoms with Gasteiger partial charge in [-0.25, -0.2) is 0 Å². The Morgan fingerprint density at radius 3 is 2.61 bits per heavy atom. The summed E-state index contributed by atoms with van der Waals surface area (Å²) < 4.78 is 0. The summed E-state index contributed by atoms with van der Waals surface area (Å²) in [5.74, 6) is -0.431. The van der Waals surface area contributed by atoms with Crippen molar-refractivity contribution in [3.05, 3.63) is 29.8 Å². The Bertz CT molecular complexity index is 585.